The highest BCUT2D eigenvalue weighted by Gasteiger charge is 1.98. The maximum atomic E-state index is 11.2. The standard InChI is InChI=1S/C13H27NO.C2H7N/c1-3-5-6-7-8-9-10-11-13(15)14-12-4-2;1-3-2/h3-12H2,1-2H3,(H,14,15);3H,1-2H3. The second kappa shape index (κ2) is 18.8. The van der Waals surface area contributed by atoms with Gasteiger partial charge in [-0.25, -0.2) is 0 Å². The molecule has 0 aliphatic carbocycles. The normalized spacial score (nSPS) is 9.56. The first kappa shape index (κ1) is 19.8. The van der Waals surface area contributed by atoms with Gasteiger partial charge in [0.25, 0.3) is 0 Å². The number of amides is 1. The third-order valence-corrected chi connectivity index (χ3v) is 2.58. The summed E-state index contributed by atoms with van der Waals surface area (Å²) in [5, 5.41) is 5.65. The lowest BCUT2D eigenvalue weighted by Gasteiger charge is -2.03. The summed E-state index contributed by atoms with van der Waals surface area (Å²) in [5.41, 5.74) is 0. The van der Waals surface area contributed by atoms with Gasteiger partial charge in [-0.3, -0.25) is 4.79 Å². The fourth-order valence-electron chi connectivity index (χ4n) is 1.60. The van der Waals surface area contributed by atoms with Gasteiger partial charge in [0, 0.05) is 13.0 Å². The van der Waals surface area contributed by atoms with Crippen molar-refractivity contribution in [1.29, 1.82) is 0 Å². The highest BCUT2D eigenvalue weighted by Crippen LogP contribution is 2.08. The number of carbonyl (C=O) groups is 1. The summed E-state index contributed by atoms with van der Waals surface area (Å²) in [6.45, 7) is 5.14. The Kier molecular flexibility index (Phi) is 20.6. The molecule has 0 radical (unpaired) electrons. The minimum absolute atomic E-state index is 0.227. The van der Waals surface area contributed by atoms with E-state index in [9.17, 15) is 4.79 Å². The molecular formula is C15H34N2O. The fraction of sp³-hybridized carbons (Fsp3) is 0.933. The maximum Gasteiger partial charge on any atom is 0.219 e. The second-order valence-corrected chi connectivity index (χ2v) is 4.72. The van der Waals surface area contributed by atoms with Crippen LogP contribution in [0.2, 0.25) is 0 Å². The topological polar surface area (TPSA) is 41.1 Å². The zero-order valence-corrected chi connectivity index (χ0v) is 13.0. The Morgan fingerprint density at radius 1 is 0.833 bits per heavy atom. The smallest absolute Gasteiger partial charge is 0.219 e. The van der Waals surface area contributed by atoms with Crippen molar-refractivity contribution in [2.45, 2.75) is 71.6 Å². The Hall–Kier alpha value is -0.570. The maximum absolute atomic E-state index is 11.2. The van der Waals surface area contributed by atoms with Crippen LogP contribution in [0.15, 0.2) is 0 Å². The average Bonchev–Trinajstić information content (AvgIpc) is 2.36. The van der Waals surface area contributed by atoms with Crippen LogP contribution >= 0.6 is 0 Å². The summed E-state index contributed by atoms with van der Waals surface area (Å²) in [6, 6.07) is 0. The molecule has 2 N–H and O–H groups in total. The van der Waals surface area contributed by atoms with Crippen LogP contribution < -0.4 is 10.6 Å². The summed E-state index contributed by atoms with van der Waals surface area (Å²) in [7, 11) is 3.75. The molecule has 0 spiro atoms. The SMILES string of the molecule is CCCCCCCCCC(=O)NCCC.CNC. The predicted molar refractivity (Wildman–Crippen MR) is 80.9 cm³/mol. The van der Waals surface area contributed by atoms with E-state index in [4.69, 9.17) is 0 Å². The van der Waals surface area contributed by atoms with Crippen LogP contribution in [0, 0.1) is 0 Å². The number of rotatable bonds is 10. The van der Waals surface area contributed by atoms with E-state index >= 15 is 0 Å². The molecule has 18 heavy (non-hydrogen) atoms. The first-order valence-electron chi connectivity index (χ1n) is 7.58. The molecule has 0 saturated carbocycles. The molecule has 0 atom stereocenters. The summed E-state index contributed by atoms with van der Waals surface area (Å²) >= 11 is 0. The van der Waals surface area contributed by atoms with Crippen molar-refractivity contribution >= 4 is 5.91 Å². The van der Waals surface area contributed by atoms with Gasteiger partial charge >= 0.3 is 0 Å². The molecule has 0 rings (SSSR count). The summed E-state index contributed by atoms with van der Waals surface area (Å²) in [6.07, 6.45) is 10.7. The largest absolute Gasteiger partial charge is 0.356 e. The third kappa shape index (κ3) is 20.8. The van der Waals surface area contributed by atoms with Crippen molar-refractivity contribution in [3.63, 3.8) is 0 Å². The highest BCUT2D eigenvalue weighted by molar-refractivity contribution is 5.75. The van der Waals surface area contributed by atoms with E-state index in [1.165, 1.54) is 38.5 Å². The van der Waals surface area contributed by atoms with Crippen LogP contribution in [0.5, 0.6) is 0 Å². The van der Waals surface area contributed by atoms with Crippen molar-refractivity contribution < 1.29 is 4.79 Å². The lowest BCUT2D eigenvalue weighted by atomic mass is 10.1. The summed E-state index contributed by atoms with van der Waals surface area (Å²) < 4.78 is 0. The molecule has 0 saturated heterocycles. The molecule has 110 valence electrons. The molecule has 0 bridgehead atoms. The van der Waals surface area contributed by atoms with Crippen molar-refractivity contribution in [1.82, 2.24) is 10.6 Å². The molecule has 0 aromatic carbocycles. The van der Waals surface area contributed by atoms with Crippen molar-refractivity contribution in [3.05, 3.63) is 0 Å². The molecule has 1 amide bonds. The van der Waals surface area contributed by atoms with Crippen LogP contribution in [0.4, 0.5) is 0 Å². The van der Waals surface area contributed by atoms with Gasteiger partial charge in [-0.2, -0.15) is 0 Å². The van der Waals surface area contributed by atoms with Crippen molar-refractivity contribution in [2.24, 2.45) is 0 Å². The minimum Gasteiger partial charge on any atom is -0.356 e. The lowest BCUT2D eigenvalue weighted by molar-refractivity contribution is -0.121. The van der Waals surface area contributed by atoms with Gasteiger partial charge in [-0.1, -0.05) is 52.4 Å². The van der Waals surface area contributed by atoms with E-state index in [0.29, 0.717) is 6.42 Å². The van der Waals surface area contributed by atoms with Crippen LogP contribution in [0.1, 0.15) is 71.6 Å². The summed E-state index contributed by atoms with van der Waals surface area (Å²) in [4.78, 5) is 11.2. The first-order chi connectivity index (χ1) is 8.72. The van der Waals surface area contributed by atoms with E-state index in [-0.39, 0.29) is 5.91 Å². The molecular weight excluding hydrogens is 224 g/mol. The zero-order valence-electron chi connectivity index (χ0n) is 13.0. The fourth-order valence-corrected chi connectivity index (χ4v) is 1.60. The van der Waals surface area contributed by atoms with Gasteiger partial charge in [0.05, 0.1) is 0 Å². The van der Waals surface area contributed by atoms with Gasteiger partial charge in [-0.05, 0) is 26.9 Å². The van der Waals surface area contributed by atoms with Crippen LogP contribution in [0.3, 0.4) is 0 Å². The molecule has 0 aliphatic rings. The number of hydrogen-bond acceptors (Lipinski definition) is 2. The van der Waals surface area contributed by atoms with Gasteiger partial charge in [0.15, 0.2) is 0 Å². The number of nitrogens with one attached hydrogen (secondary N) is 2. The molecule has 3 heteroatoms. The monoisotopic (exact) mass is 258 g/mol. The predicted octanol–water partition coefficient (Wildman–Crippen LogP) is 3.49. The molecule has 0 aromatic heterocycles. The second-order valence-electron chi connectivity index (χ2n) is 4.72. The number of unbranched alkanes of at least 4 members (excludes halogenated alkanes) is 6. The van der Waals surface area contributed by atoms with Crippen LogP contribution in [-0.2, 0) is 4.79 Å². The Balaban J connectivity index is 0. The van der Waals surface area contributed by atoms with Crippen molar-refractivity contribution in [3.8, 4) is 0 Å². The minimum atomic E-state index is 0.227. The Labute approximate surface area is 114 Å². The quantitative estimate of drug-likeness (QED) is 0.589. The molecule has 0 aliphatic heterocycles. The molecule has 3 nitrogen and oxygen atoms in total. The van der Waals surface area contributed by atoms with Gasteiger partial charge in [0.1, 0.15) is 0 Å². The highest BCUT2D eigenvalue weighted by atomic mass is 16.1. The third-order valence-electron chi connectivity index (χ3n) is 2.58. The Morgan fingerprint density at radius 2 is 1.33 bits per heavy atom. The molecule has 0 unspecified atom stereocenters. The van der Waals surface area contributed by atoms with E-state index in [1.807, 2.05) is 14.1 Å². The number of carbonyl (C=O) groups excluding carboxylic acids is 1. The van der Waals surface area contributed by atoms with E-state index < -0.39 is 0 Å². The zero-order chi connectivity index (χ0) is 14.1. The Morgan fingerprint density at radius 3 is 1.83 bits per heavy atom. The lowest BCUT2D eigenvalue weighted by Crippen LogP contribution is -2.23. The molecule has 0 aromatic rings. The van der Waals surface area contributed by atoms with Gasteiger partial charge in [-0.15, -0.1) is 0 Å². The molecule has 0 fully saturated rings. The van der Waals surface area contributed by atoms with Crippen LogP contribution in [0.25, 0.3) is 0 Å². The van der Waals surface area contributed by atoms with Crippen molar-refractivity contribution in [2.75, 3.05) is 20.6 Å². The summed E-state index contributed by atoms with van der Waals surface area (Å²) in [5.74, 6) is 0.227. The van der Waals surface area contributed by atoms with E-state index in [1.54, 1.807) is 0 Å². The van der Waals surface area contributed by atoms with E-state index in [0.717, 1.165) is 19.4 Å². The average molecular weight is 258 g/mol. The van der Waals surface area contributed by atoms with Crippen LogP contribution in [-0.4, -0.2) is 26.5 Å². The first-order valence-corrected chi connectivity index (χ1v) is 7.58. The number of hydrogen-bond donors (Lipinski definition) is 2. The van der Waals surface area contributed by atoms with Gasteiger partial charge in [0.2, 0.25) is 5.91 Å². The molecule has 0 heterocycles. The van der Waals surface area contributed by atoms with E-state index in [2.05, 4.69) is 24.5 Å². The van der Waals surface area contributed by atoms with Gasteiger partial charge < -0.3 is 10.6 Å². The Bertz CT molecular complexity index is 161.